The molecule has 0 bridgehead atoms. The Balaban J connectivity index is 2.12. The second-order valence-electron chi connectivity index (χ2n) is 3.94. The number of hydrogen-bond donors (Lipinski definition) is 0. The van der Waals surface area contributed by atoms with Crippen LogP contribution in [-0.4, -0.2) is 17.9 Å². The van der Waals surface area contributed by atoms with Crippen molar-refractivity contribution in [2.24, 2.45) is 0 Å². The van der Waals surface area contributed by atoms with Gasteiger partial charge in [-0.3, -0.25) is 9.59 Å². The molecule has 0 spiro atoms. The average Bonchev–Trinajstić information content (AvgIpc) is 2.57. The lowest BCUT2D eigenvalue weighted by Crippen LogP contribution is -2.30. The highest BCUT2D eigenvalue weighted by atomic mass is 16.5. The highest BCUT2D eigenvalue weighted by Gasteiger charge is 2.33. The van der Waals surface area contributed by atoms with Gasteiger partial charge in [-0.2, -0.15) is 0 Å². The maximum Gasteiger partial charge on any atom is 0.303 e. The zero-order valence-corrected chi connectivity index (χ0v) is 8.34. The largest absolute Gasteiger partial charge is 0.454 e. The molecule has 0 aromatic rings. The van der Waals surface area contributed by atoms with E-state index in [1.165, 1.54) is 12.5 Å². The first-order valence-electron chi connectivity index (χ1n) is 5.11. The molecule has 0 fully saturated rings. The van der Waals surface area contributed by atoms with Crippen LogP contribution in [0.3, 0.4) is 0 Å². The monoisotopic (exact) mass is 194 g/mol. The molecule has 2 rings (SSSR count). The lowest BCUT2D eigenvalue weighted by atomic mass is 9.90. The van der Waals surface area contributed by atoms with Crippen molar-refractivity contribution in [3.63, 3.8) is 0 Å². The van der Waals surface area contributed by atoms with Crippen LogP contribution >= 0.6 is 0 Å². The van der Waals surface area contributed by atoms with Gasteiger partial charge in [0.1, 0.15) is 0 Å². The molecule has 0 aromatic heterocycles. The summed E-state index contributed by atoms with van der Waals surface area (Å²) in [5.41, 5.74) is 2.25. The maximum atomic E-state index is 11.8. The van der Waals surface area contributed by atoms with E-state index in [1.807, 2.05) is 0 Å². The van der Waals surface area contributed by atoms with E-state index in [9.17, 15) is 9.59 Å². The normalized spacial score (nSPS) is 26.4. The standard InChI is InChI=1S/C11H14O3/c1-7(12)14-10-6-5-8-3-2-4-9(8)11(10)13/h10H,2-6H2,1H3. The Morgan fingerprint density at radius 3 is 2.86 bits per heavy atom. The van der Waals surface area contributed by atoms with Crippen LogP contribution in [0.1, 0.15) is 39.0 Å². The molecule has 0 aromatic carbocycles. The second-order valence-corrected chi connectivity index (χ2v) is 3.94. The van der Waals surface area contributed by atoms with Crippen molar-refractivity contribution in [2.75, 3.05) is 0 Å². The summed E-state index contributed by atoms with van der Waals surface area (Å²) in [4.78, 5) is 22.6. The van der Waals surface area contributed by atoms with E-state index in [0.717, 1.165) is 31.3 Å². The number of hydrogen-bond acceptors (Lipinski definition) is 3. The summed E-state index contributed by atoms with van der Waals surface area (Å²) in [6.07, 6.45) is 4.14. The van der Waals surface area contributed by atoms with Crippen LogP contribution in [0.25, 0.3) is 0 Å². The van der Waals surface area contributed by atoms with Crippen LogP contribution in [0.4, 0.5) is 0 Å². The SMILES string of the molecule is CC(=O)OC1CCC2=C(CCC2)C1=O. The molecule has 0 aliphatic heterocycles. The van der Waals surface area contributed by atoms with Gasteiger partial charge in [0.2, 0.25) is 0 Å². The molecule has 14 heavy (non-hydrogen) atoms. The fourth-order valence-electron chi connectivity index (χ4n) is 2.32. The van der Waals surface area contributed by atoms with Gasteiger partial charge in [0.25, 0.3) is 0 Å². The number of rotatable bonds is 1. The molecular weight excluding hydrogens is 180 g/mol. The first-order chi connectivity index (χ1) is 6.68. The second kappa shape index (κ2) is 3.56. The molecule has 3 heteroatoms. The summed E-state index contributed by atoms with van der Waals surface area (Å²) in [5.74, 6) is -0.302. The molecule has 2 aliphatic carbocycles. The summed E-state index contributed by atoms with van der Waals surface area (Å²) in [6.45, 7) is 1.35. The third-order valence-electron chi connectivity index (χ3n) is 2.94. The van der Waals surface area contributed by atoms with Crippen LogP contribution in [0, 0.1) is 0 Å². The average molecular weight is 194 g/mol. The lowest BCUT2D eigenvalue weighted by Gasteiger charge is -2.22. The Labute approximate surface area is 83.1 Å². The lowest BCUT2D eigenvalue weighted by molar-refractivity contribution is -0.152. The zero-order valence-electron chi connectivity index (χ0n) is 8.34. The first kappa shape index (κ1) is 9.44. The maximum absolute atomic E-state index is 11.8. The molecule has 0 N–H and O–H groups in total. The van der Waals surface area contributed by atoms with Gasteiger partial charge >= 0.3 is 5.97 Å². The topological polar surface area (TPSA) is 43.4 Å². The molecule has 0 saturated carbocycles. The summed E-state index contributed by atoms with van der Waals surface area (Å²) < 4.78 is 4.99. The first-order valence-corrected chi connectivity index (χ1v) is 5.11. The van der Waals surface area contributed by atoms with Gasteiger partial charge in [-0.1, -0.05) is 5.57 Å². The van der Waals surface area contributed by atoms with Crippen molar-refractivity contribution in [3.05, 3.63) is 11.1 Å². The van der Waals surface area contributed by atoms with Gasteiger partial charge < -0.3 is 4.74 Å². The highest BCUT2D eigenvalue weighted by molar-refractivity contribution is 6.01. The Hall–Kier alpha value is -1.12. The molecular formula is C11H14O3. The van der Waals surface area contributed by atoms with E-state index in [1.54, 1.807) is 0 Å². The number of ketones is 1. The van der Waals surface area contributed by atoms with Crippen molar-refractivity contribution < 1.29 is 14.3 Å². The van der Waals surface area contributed by atoms with E-state index >= 15 is 0 Å². The van der Waals surface area contributed by atoms with Crippen molar-refractivity contribution >= 4 is 11.8 Å². The van der Waals surface area contributed by atoms with E-state index in [0.29, 0.717) is 6.42 Å². The van der Waals surface area contributed by atoms with Crippen molar-refractivity contribution in [2.45, 2.75) is 45.1 Å². The Bertz CT molecular complexity index is 314. The number of carbonyl (C=O) groups is 2. The van der Waals surface area contributed by atoms with Gasteiger partial charge in [-0.25, -0.2) is 0 Å². The van der Waals surface area contributed by atoms with E-state index in [-0.39, 0.29) is 11.8 Å². The van der Waals surface area contributed by atoms with Crippen LogP contribution in [0.15, 0.2) is 11.1 Å². The predicted octanol–water partition coefficient (Wildman–Crippen LogP) is 1.76. The summed E-state index contributed by atoms with van der Waals surface area (Å²) in [6, 6.07) is 0. The third kappa shape index (κ3) is 1.59. The van der Waals surface area contributed by atoms with Crippen LogP contribution < -0.4 is 0 Å². The van der Waals surface area contributed by atoms with Crippen molar-refractivity contribution in [1.82, 2.24) is 0 Å². The molecule has 1 unspecified atom stereocenters. The molecule has 0 amide bonds. The van der Waals surface area contributed by atoms with Crippen molar-refractivity contribution in [3.8, 4) is 0 Å². The quantitative estimate of drug-likeness (QED) is 0.597. The van der Waals surface area contributed by atoms with Gasteiger partial charge in [0.15, 0.2) is 11.9 Å². The fraction of sp³-hybridized carbons (Fsp3) is 0.636. The van der Waals surface area contributed by atoms with E-state index in [4.69, 9.17) is 4.74 Å². The van der Waals surface area contributed by atoms with Gasteiger partial charge in [0, 0.05) is 6.92 Å². The van der Waals surface area contributed by atoms with Gasteiger partial charge in [0.05, 0.1) is 0 Å². The Morgan fingerprint density at radius 2 is 2.14 bits per heavy atom. The molecule has 0 heterocycles. The number of ether oxygens (including phenoxy) is 1. The van der Waals surface area contributed by atoms with Crippen LogP contribution in [-0.2, 0) is 14.3 Å². The summed E-state index contributed by atoms with van der Waals surface area (Å²) in [7, 11) is 0. The zero-order chi connectivity index (χ0) is 10.1. The number of carbonyl (C=O) groups excluding carboxylic acids is 2. The van der Waals surface area contributed by atoms with Crippen molar-refractivity contribution in [1.29, 1.82) is 0 Å². The molecule has 3 nitrogen and oxygen atoms in total. The van der Waals surface area contributed by atoms with Gasteiger partial charge in [-0.05, 0) is 37.7 Å². The fourth-order valence-corrected chi connectivity index (χ4v) is 2.32. The molecule has 0 saturated heterocycles. The highest BCUT2D eigenvalue weighted by Crippen LogP contribution is 2.35. The van der Waals surface area contributed by atoms with E-state index in [2.05, 4.69) is 0 Å². The molecule has 2 aliphatic rings. The molecule has 76 valence electrons. The smallest absolute Gasteiger partial charge is 0.303 e. The number of esters is 1. The summed E-state index contributed by atoms with van der Waals surface area (Å²) in [5, 5.41) is 0. The van der Waals surface area contributed by atoms with Crippen LogP contribution in [0.5, 0.6) is 0 Å². The predicted molar refractivity (Wildman–Crippen MR) is 50.7 cm³/mol. The minimum absolute atomic E-state index is 0.0546. The number of Topliss-reactive ketones (excluding diaryl/α,β-unsaturated/α-hetero) is 1. The van der Waals surface area contributed by atoms with E-state index < -0.39 is 6.10 Å². The van der Waals surface area contributed by atoms with Crippen LogP contribution in [0.2, 0.25) is 0 Å². The Morgan fingerprint density at radius 1 is 1.36 bits per heavy atom. The Kier molecular flexibility index (Phi) is 2.40. The summed E-state index contributed by atoms with van der Waals surface area (Å²) >= 11 is 0. The third-order valence-corrected chi connectivity index (χ3v) is 2.94. The molecule has 1 atom stereocenters. The minimum Gasteiger partial charge on any atom is -0.454 e. The number of allylic oxidation sites excluding steroid dienone is 1. The molecule has 0 radical (unpaired) electrons. The minimum atomic E-state index is -0.496. The van der Waals surface area contributed by atoms with Gasteiger partial charge in [-0.15, -0.1) is 0 Å².